The minimum Gasteiger partial charge on any atom is -0.497 e. The molecule has 1 amide bonds. The summed E-state index contributed by atoms with van der Waals surface area (Å²) in [5, 5.41) is 12.1. The Kier molecular flexibility index (Phi) is 6.82. The average Bonchev–Trinajstić information content (AvgIpc) is 2.79. The molecule has 31 heavy (non-hydrogen) atoms. The van der Waals surface area contributed by atoms with Crippen LogP contribution in [0, 0.1) is 18.3 Å². The first kappa shape index (κ1) is 21.3. The molecule has 1 N–H and O–H groups in total. The summed E-state index contributed by atoms with van der Waals surface area (Å²) in [6.45, 7) is 1.97. The topological polar surface area (TPSA) is 88.4 Å². The van der Waals surface area contributed by atoms with Gasteiger partial charge in [-0.3, -0.25) is 4.79 Å². The lowest BCUT2D eigenvalue weighted by Gasteiger charge is -2.07. The van der Waals surface area contributed by atoms with Gasteiger partial charge in [0.15, 0.2) is 0 Å². The number of anilines is 1. The van der Waals surface area contributed by atoms with E-state index in [1.807, 2.05) is 37.3 Å². The summed E-state index contributed by atoms with van der Waals surface area (Å²) in [4.78, 5) is 24.7. The van der Waals surface area contributed by atoms with Crippen LogP contribution in [0.3, 0.4) is 0 Å². The SMILES string of the molecule is COc1ccc(/C=C(\C#N)C(=O)Oc2ccc(C(=O)Nc3ccc(C)cc3)cc2)cc1. The van der Waals surface area contributed by atoms with Crippen LogP contribution in [0.1, 0.15) is 21.5 Å². The monoisotopic (exact) mass is 412 g/mol. The molecule has 3 aromatic rings. The molecule has 0 aliphatic carbocycles. The van der Waals surface area contributed by atoms with E-state index in [1.165, 1.54) is 18.2 Å². The van der Waals surface area contributed by atoms with Crippen molar-refractivity contribution in [1.29, 1.82) is 5.26 Å². The van der Waals surface area contributed by atoms with Gasteiger partial charge >= 0.3 is 5.97 Å². The molecule has 3 aromatic carbocycles. The molecular formula is C25H20N2O4. The second-order valence-corrected chi connectivity index (χ2v) is 6.68. The van der Waals surface area contributed by atoms with E-state index in [4.69, 9.17) is 9.47 Å². The maximum atomic E-state index is 12.4. The highest BCUT2D eigenvalue weighted by atomic mass is 16.5. The molecule has 3 rings (SSSR count). The van der Waals surface area contributed by atoms with Gasteiger partial charge in [0, 0.05) is 11.3 Å². The van der Waals surface area contributed by atoms with Gasteiger partial charge in [0.25, 0.3) is 5.91 Å². The van der Waals surface area contributed by atoms with Gasteiger partial charge in [0.2, 0.25) is 0 Å². The standard InChI is InChI=1S/C25H20N2O4/c1-17-3-9-21(10-4-17)27-24(28)19-7-13-23(14-8-19)31-25(29)20(16-26)15-18-5-11-22(30-2)12-6-18/h3-15H,1-2H3,(H,27,28)/b20-15+. The molecular weight excluding hydrogens is 392 g/mol. The van der Waals surface area contributed by atoms with E-state index in [0.29, 0.717) is 22.6 Å². The van der Waals surface area contributed by atoms with E-state index < -0.39 is 5.97 Å². The number of nitrogens with zero attached hydrogens (tertiary/aromatic N) is 1. The van der Waals surface area contributed by atoms with E-state index in [9.17, 15) is 14.9 Å². The molecule has 6 heteroatoms. The summed E-state index contributed by atoms with van der Waals surface area (Å²) < 4.78 is 10.4. The van der Waals surface area contributed by atoms with Crippen LogP contribution in [0.15, 0.2) is 78.4 Å². The number of benzene rings is 3. The highest BCUT2D eigenvalue weighted by molar-refractivity contribution is 6.04. The van der Waals surface area contributed by atoms with Crippen molar-refractivity contribution in [3.63, 3.8) is 0 Å². The van der Waals surface area contributed by atoms with Crippen molar-refractivity contribution in [3.8, 4) is 17.6 Å². The van der Waals surface area contributed by atoms with Gasteiger partial charge < -0.3 is 14.8 Å². The Morgan fingerprint density at radius 3 is 2.10 bits per heavy atom. The molecule has 0 saturated carbocycles. The molecule has 0 aliphatic rings. The number of methoxy groups -OCH3 is 1. The summed E-state index contributed by atoms with van der Waals surface area (Å²) in [7, 11) is 1.56. The highest BCUT2D eigenvalue weighted by Gasteiger charge is 2.13. The summed E-state index contributed by atoms with van der Waals surface area (Å²) >= 11 is 0. The normalized spacial score (nSPS) is 10.7. The average molecular weight is 412 g/mol. The predicted octanol–water partition coefficient (Wildman–Crippen LogP) is 4.77. The zero-order valence-corrected chi connectivity index (χ0v) is 17.1. The van der Waals surface area contributed by atoms with Gasteiger partial charge in [-0.05, 0) is 67.1 Å². The Balaban J connectivity index is 1.65. The molecule has 0 heterocycles. The van der Waals surface area contributed by atoms with Gasteiger partial charge in [-0.1, -0.05) is 29.8 Å². The molecule has 0 unspecified atom stereocenters. The number of hydrogen-bond acceptors (Lipinski definition) is 5. The van der Waals surface area contributed by atoms with Crippen LogP contribution in [-0.2, 0) is 4.79 Å². The summed E-state index contributed by atoms with van der Waals surface area (Å²) in [5.41, 5.74) is 2.72. The fraction of sp³-hybridized carbons (Fsp3) is 0.0800. The molecule has 0 radical (unpaired) electrons. The zero-order valence-electron chi connectivity index (χ0n) is 17.1. The number of carbonyl (C=O) groups is 2. The first-order valence-corrected chi connectivity index (χ1v) is 9.44. The Morgan fingerprint density at radius 2 is 1.52 bits per heavy atom. The van der Waals surface area contributed by atoms with Gasteiger partial charge in [-0.2, -0.15) is 5.26 Å². The Labute approximate surface area is 180 Å². The van der Waals surface area contributed by atoms with Crippen LogP contribution in [0.2, 0.25) is 0 Å². The van der Waals surface area contributed by atoms with E-state index in [1.54, 1.807) is 43.5 Å². The number of hydrogen-bond donors (Lipinski definition) is 1. The number of ether oxygens (including phenoxy) is 2. The van der Waals surface area contributed by atoms with E-state index in [2.05, 4.69) is 5.32 Å². The van der Waals surface area contributed by atoms with Crippen LogP contribution >= 0.6 is 0 Å². The largest absolute Gasteiger partial charge is 0.497 e. The van der Waals surface area contributed by atoms with E-state index in [-0.39, 0.29) is 17.2 Å². The van der Waals surface area contributed by atoms with Gasteiger partial charge in [0.05, 0.1) is 7.11 Å². The van der Waals surface area contributed by atoms with Gasteiger partial charge in [-0.25, -0.2) is 4.79 Å². The second-order valence-electron chi connectivity index (χ2n) is 6.68. The first-order chi connectivity index (χ1) is 15.0. The van der Waals surface area contributed by atoms with Crippen LogP contribution in [0.4, 0.5) is 5.69 Å². The van der Waals surface area contributed by atoms with Crippen molar-refractivity contribution in [2.75, 3.05) is 12.4 Å². The molecule has 0 saturated heterocycles. The minimum absolute atomic E-state index is 0.147. The maximum Gasteiger partial charge on any atom is 0.354 e. The lowest BCUT2D eigenvalue weighted by Crippen LogP contribution is -2.12. The maximum absolute atomic E-state index is 12.4. The van der Waals surface area contributed by atoms with Crippen LogP contribution in [0.25, 0.3) is 6.08 Å². The van der Waals surface area contributed by atoms with E-state index >= 15 is 0 Å². The lowest BCUT2D eigenvalue weighted by molar-refractivity contribution is -0.129. The van der Waals surface area contributed by atoms with Crippen molar-refractivity contribution in [2.45, 2.75) is 6.92 Å². The minimum atomic E-state index is -0.782. The molecule has 0 spiro atoms. The third-order valence-corrected chi connectivity index (χ3v) is 4.40. The fourth-order valence-corrected chi connectivity index (χ4v) is 2.68. The molecule has 0 aromatic heterocycles. The number of nitriles is 1. The fourth-order valence-electron chi connectivity index (χ4n) is 2.68. The van der Waals surface area contributed by atoms with E-state index in [0.717, 1.165) is 5.56 Å². The van der Waals surface area contributed by atoms with Crippen LogP contribution in [-0.4, -0.2) is 19.0 Å². The molecule has 0 bridgehead atoms. The Morgan fingerprint density at radius 1 is 0.903 bits per heavy atom. The molecule has 6 nitrogen and oxygen atoms in total. The number of carbonyl (C=O) groups excluding carboxylic acids is 2. The third kappa shape index (κ3) is 5.81. The lowest BCUT2D eigenvalue weighted by atomic mass is 10.1. The number of esters is 1. The number of amides is 1. The number of rotatable bonds is 6. The zero-order chi connectivity index (χ0) is 22.2. The Hall–Kier alpha value is -4.37. The van der Waals surface area contributed by atoms with Gasteiger partial charge in [-0.15, -0.1) is 0 Å². The quantitative estimate of drug-likeness (QED) is 0.273. The van der Waals surface area contributed by atoms with Gasteiger partial charge in [0.1, 0.15) is 23.1 Å². The molecule has 154 valence electrons. The highest BCUT2D eigenvalue weighted by Crippen LogP contribution is 2.18. The van der Waals surface area contributed by atoms with Crippen molar-refractivity contribution in [3.05, 3.63) is 95.1 Å². The van der Waals surface area contributed by atoms with Crippen molar-refractivity contribution in [1.82, 2.24) is 0 Å². The van der Waals surface area contributed by atoms with Crippen LogP contribution < -0.4 is 14.8 Å². The predicted molar refractivity (Wildman–Crippen MR) is 118 cm³/mol. The number of nitrogens with one attached hydrogen (secondary N) is 1. The molecule has 0 fully saturated rings. The smallest absolute Gasteiger partial charge is 0.354 e. The summed E-state index contributed by atoms with van der Waals surface area (Å²) in [6.07, 6.45) is 1.44. The second kappa shape index (κ2) is 9.90. The molecule has 0 aliphatic heterocycles. The summed E-state index contributed by atoms with van der Waals surface area (Å²) in [5.74, 6) is -0.161. The molecule has 0 atom stereocenters. The van der Waals surface area contributed by atoms with Crippen molar-refractivity contribution >= 4 is 23.6 Å². The van der Waals surface area contributed by atoms with Crippen molar-refractivity contribution in [2.24, 2.45) is 0 Å². The van der Waals surface area contributed by atoms with Crippen molar-refractivity contribution < 1.29 is 19.1 Å². The Bertz CT molecular complexity index is 1140. The number of aryl methyl sites for hydroxylation is 1. The first-order valence-electron chi connectivity index (χ1n) is 9.44. The third-order valence-electron chi connectivity index (χ3n) is 4.40. The van der Waals surface area contributed by atoms with Crippen LogP contribution in [0.5, 0.6) is 11.5 Å². The summed E-state index contributed by atoms with van der Waals surface area (Å²) in [6, 6.07) is 22.3.